The first-order valence-electron chi connectivity index (χ1n) is 17.7. The van der Waals surface area contributed by atoms with Gasteiger partial charge in [0.1, 0.15) is 0 Å². The van der Waals surface area contributed by atoms with Crippen molar-refractivity contribution in [3.05, 3.63) is 210 Å². The fourth-order valence-corrected chi connectivity index (χ4v) is 7.27. The summed E-state index contributed by atoms with van der Waals surface area (Å²) in [7, 11) is 0. The molecule has 0 amide bonds. The van der Waals surface area contributed by atoms with Gasteiger partial charge in [0.25, 0.3) is 0 Å². The van der Waals surface area contributed by atoms with Crippen LogP contribution >= 0.6 is 0 Å². The number of aliphatic imine (C=N–C) groups is 2. The predicted octanol–water partition coefficient (Wildman–Crippen LogP) is 13.3. The monoisotopic (exact) mass is 666 g/mol. The molecule has 0 N–H and O–H groups in total. The summed E-state index contributed by atoms with van der Waals surface area (Å²) in [5.41, 5.74) is 8.77. The highest BCUT2D eigenvalue weighted by atomic mass is 14.9. The highest BCUT2D eigenvalue weighted by Gasteiger charge is 2.16. The Morgan fingerprint density at radius 2 is 0.962 bits per heavy atom. The highest BCUT2D eigenvalue weighted by Crippen LogP contribution is 2.33. The van der Waals surface area contributed by atoms with E-state index in [0.29, 0.717) is 11.5 Å². The summed E-state index contributed by atoms with van der Waals surface area (Å²) in [5.74, 6) is 0.621. The molecule has 2 heteroatoms. The zero-order valence-electron chi connectivity index (χ0n) is 29.5. The van der Waals surface area contributed by atoms with E-state index < -0.39 is 0 Å². The Hall–Kier alpha value is -6.64. The molecule has 0 fully saturated rings. The lowest BCUT2D eigenvalue weighted by Crippen LogP contribution is -2.06. The maximum atomic E-state index is 5.39. The number of hydrogen-bond acceptors (Lipinski definition) is 1. The molecular formula is C50H38N2. The van der Waals surface area contributed by atoms with Crippen molar-refractivity contribution in [3.8, 4) is 0 Å². The molecule has 248 valence electrons. The van der Waals surface area contributed by atoms with Crippen LogP contribution in [0.25, 0.3) is 60.4 Å². The summed E-state index contributed by atoms with van der Waals surface area (Å²) >= 11 is 0. The molecule has 0 bridgehead atoms. The Morgan fingerprint density at radius 1 is 0.481 bits per heavy atom. The third-order valence-electron chi connectivity index (χ3n) is 9.88. The van der Waals surface area contributed by atoms with Crippen molar-refractivity contribution < 1.29 is 0 Å². The molecule has 0 radical (unpaired) electrons. The van der Waals surface area contributed by atoms with E-state index in [2.05, 4.69) is 190 Å². The van der Waals surface area contributed by atoms with Gasteiger partial charge >= 0.3 is 0 Å². The van der Waals surface area contributed by atoms with Gasteiger partial charge in [-0.05, 0) is 96.9 Å². The van der Waals surface area contributed by atoms with Gasteiger partial charge in [-0.3, -0.25) is 0 Å². The van der Waals surface area contributed by atoms with Gasteiger partial charge < -0.3 is 0 Å². The van der Waals surface area contributed by atoms with Crippen molar-refractivity contribution in [1.29, 1.82) is 0 Å². The van der Waals surface area contributed by atoms with E-state index in [9.17, 15) is 0 Å². The molecule has 0 unspecified atom stereocenters. The standard InChI is InChI=1S/C50H38N2/c1-5-16-38-17-6-9-20-41(38)33(2)36-27-29-37(30-28-36)34(3)51-50(49-32-40-19-8-11-22-43(40)45-24-13-15-26-47(45)49)52-35(4)48-31-39-18-7-10-21-42(39)44-23-12-14-25-46(44)48/h5-32H,2-3H2,1,4H3/b16-5-,51-50?,52-35?. The summed E-state index contributed by atoms with van der Waals surface area (Å²) in [6, 6.07) is 55.3. The van der Waals surface area contributed by atoms with Crippen LogP contribution in [0.2, 0.25) is 0 Å². The molecule has 52 heavy (non-hydrogen) atoms. The fraction of sp³-hybridized carbons (Fsp3) is 0.0400. The lowest BCUT2D eigenvalue weighted by atomic mass is 9.94. The molecule has 0 saturated heterocycles. The number of nitrogens with zero attached hydrogens (tertiary/aromatic N) is 2. The predicted molar refractivity (Wildman–Crippen MR) is 226 cm³/mol. The Morgan fingerprint density at radius 3 is 1.58 bits per heavy atom. The van der Waals surface area contributed by atoms with E-state index in [1.807, 2.05) is 6.92 Å². The van der Waals surface area contributed by atoms with E-state index >= 15 is 0 Å². The van der Waals surface area contributed by atoms with Crippen LogP contribution in [-0.2, 0) is 0 Å². The molecule has 8 aromatic carbocycles. The van der Waals surface area contributed by atoms with Crippen molar-refractivity contribution in [2.75, 3.05) is 0 Å². The number of hydrogen-bond donors (Lipinski definition) is 0. The summed E-state index contributed by atoms with van der Waals surface area (Å²) in [4.78, 5) is 10.7. The van der Waals surface area contributed by atoms with E-state index in [1.165, 1.54) is 26.9 Å². The molecule has 8 rings (SSSR count). The summed E-state index contributed by atoms with van der Waals surface area (Å²) in [5, 5.41) is 9.38. The van der Waals surface area contributed by atoms with E-state index in [-0.39, 0.29) is 0 Å². The molecule has 0 heterocycles. The Bertz CT molecular complexity index is 2780. The molecule has 8 aromatic rings. The van der Waals surface area contributed by atoms with Crippen LogP contribution in [0.1, 0.15) is 47.2 Å². The maximum Gasteiger partial charge on any atom is 0.160 e. The quantitative estimate of drug-likeness (QED) is 0.0919. The third-order valence-corrected chi connectivity index (χ3v) is 9.88. The summed E-state index contributed by atoms with van der Waals surface area (Å²) < 4.78 is 0. The number of fused-ring (bicyclic) bond motifs is 6. The van der Waals surface area contributed by atoms with Crippen LogP contribution in [0.5, 0.6) is 0 Å². The number of benzene rings is 8. The van der Waals surface area contributed by atoms with Gasteiger partial charge in [0.15, 0.2) is 5.84 Å². The largest absolute Gasteiger partial charge is 0.233 e. The Kier molecular flexibility index (Phi) is 8.73. The second-order valence-electron chi connectivity index (χ2n) is 13.1. The van der Waals surface area contributed by atoms with Gasteiger partial charge in [-0.2, -0.15) is 0 Å². The second kappa shape index (κ2) is 13.9. The van der Waals surface area contributed by atoms with E-state index in [1.54, 1.807) is 0 Å². The zero-order valence-corrected chi connectivity index (χ0v) is 29.5. The van der Waals surface area contributed by atoms with Crippen LogP contribution < -0.4 is 0 Å². The molecule has 0 aromatic heterocycles. The van der Waals surface area contributed by atoms with Crippen molar-refractivity contribution in [1.82, 2.24) is 0 Å². The molecule has 2 nitrogen and oxygen atoms in total. The van der Waals surface area contributed by atoms with Gasteiger partial charge in [0.05, 0.1) is 5.70 Å². The minimum Gasteiger partial charge on any atom is -0.233 e. The maximum absolute atomic E-state index is 5.39. The van der Waals surface area contributed by atoms with E-state index in [0.717, 1.165) is 60.8 Å². The van der Waals surface area contributed by atoms with Crippen LogP contribution in [0.3, 0.4) is 0 Å². The smallest absolute Gasteiger partial charge is 0.160 e. The second-order valence-corrected chi connectivity index (χ2v) is 13.1. The van der Waals surface area contributed by atoms with Crippen LogP contribution in [-0.4, -0.2) is 11.5 Å². The third kappa shape index (κ3) is 6.05. The van der Waals surface area contributed by atoms with Crippen LogP contribution in [0.15, 0.2) is 187 Å². The first-order valence-corrected chi connectivity index (χ1v) is 17.7. The number of amidine groups is 1. The Balaban J connectivity index is 1.27. The first-order chi connectivity index (χ1) is 25.5. The number of allylic oxidation sites excluding steroid dienone is 1. The van der Waals surface area contributed by atoms with Gasteiger partial charge in [-0.25, -0.2) is 9.98 Å². The summed E-state index contributed by atoms with van der Waals surface area (Å²) in [6.07, 6.45) is 4.17. The van der Waals surface area contributed by atoms with Gasteiger partial charge in [0.2, 0.25) is 0 Å². The molecule has 0 aliphatic carbocycles. The molecular weight excluding hydrogens is 629 g/mol. The van der Waals surface area contributed by atoms with Crippen molar-refractivity contribution in [2.24, 2.45) is 9.98 Å². The minimum absolute atomic E-state index is 0.621. The topological polar surface area (TPSA) is 24.7 Å². The molecule has 0 aliphatic rings. The van der Waals surface area contributed by atoms with Crippen molar-refractivity contribution >= 4 is 72.0 Å². The lowest BCUT2D eigenvalue weighted by Gasteiger charge is -2.14. The SMILES string of the molecule is C=C(N=C(N=C(C)c1cc2ccccc2c2ccccc12)c1cc2ccccc2c2ccccc12)c1ccc(C(=C)c2ccccc2/C=C\C)cc1. The van der Waals surface area contributed by atoms with Gasteiger partial charge in [0, 0.05) is 16.8 Å². The average molecular weight is 667 g/mol. The number of rotatable bonds is 7. The van der Waals surface area contributed by atoms with Crippen LogP contribution in [0.4, 0.5) is 0 Å². The lowest BCUT2D eigenvalue weighted by molar-refractivity contribution is 1.45. The molecule has 0 atom stereocenters. The Labute approximate surface area is 305 Å². The zero-order chi connectivity index (χ0) is 35.6. The van der Waals surface area contributed by atoms with Crippen LogP contribution in [0, 0.1) is 0 Å². The first kappa shape index (κ1) is 32.6. The van der Waals surface area contributed by atoms with Gasteiger partial charge in [-0.1, -0.05) is 171 Å². The van der Waals surface area contributed by atoms with Crippen molar-refractivity contribution in [2.45, 2.75) is 13.8 Å². The molecule has 0 saturated carbocycles. The van der Waals surface area contributed by atoms with E-state index in [4.69, 9.17) is 9.98 Å². The average Bonchev–Trinajstić information content (AvgIpc) is 3.20. The summed E-state index contributed by atoms with van der Waals surface area (Å²) in [6.45, 7) is 13.1. The van der Waals surface area contributed by atoms with Gasteiger partial charge in [-0.15, -0.1) is 0 Å². The highest BCUT2D eigenvalue weighted by molar-refractivity contribution is 6.25. The minimum atomic E-state index is 0.621. The normalized spacial score (nSPS) is 12.3. The molecule has 0 spiro atoms. The molecule has 0 aliphatic heterocycles. The fourth-order valence-electron chi connectivity index (χ4n) is 7.27. The van der Waals surface area contributed by atoms with Crippen molar-refractivity contribution in [3.63, 3.8) is 0 Å².